The van der Waals surface area contributed by atoms with Crippen LogP contribution in [0.15, 0.2) is 30.5 Å². The number of fused-ring (bicyclic) bond motifs is 1. The van der Waals surface area contributed by atoms with Crippen molar-refractivity contribution in [3.05, 3.63) is 36.0 Å². The van der Waals surface area contributed by atoms with E-state index in [1.54, 1.807) is 0 Å². The highest BCUT2D eigenvalue weighted by Crippen LogP contribution is 2.50. The summed E-state index contributed by atoms with van der Waals surface area (Å²) in [7, 11) is 1.94. The van der Waals surface area contributed by atoms with Gasteiger partial charge in [-0.3, -0.25) is 4.79 Å². The molecule has 1 N–H and O–H groups in total. The zero-order valence-electron chi connectivity index (χ0n) is 12.3. The first-order valence-corrected chi connectivity index (χ1v) is 7.47. The number of benzene rings is 1. The van der Waals surface area contributed by atoms with E-state index in [4.69, 9.17) is 0 Å². The predicted octanol–water partition coefficient (Wildman–Crippen LogP) is 3.46. The van der Waals surface area contributed by atoms with Gasteiger partial charge in [-0.25, -0.2) is 0 Å². The van der Waals surface area contributed by atoms with Crippen molar-refractivity contribution in [2.24, 2.45) is 0 Å². The average Bonchev–Trinajstić information content (AvgIpc) is 3.09. The second-order valence-electron chi connectivity index (χ2n) is 6.03. The number of carbonyl (C=O) groups excluding carboxylic acids is 1. The van der Waals surface area contributed by atoms with Crippen molar-refractivity contribution < 1.29 is 4.79 Å². The van der Waals surface area contributed by atoms with E-state index in [2.05, 4.69) is 42.4 Å². The summed E-state index contributed by atoms with van der Waals surface area (Å²) >= 11 is 0. The lowest BCUT2D eigenvalue weighted by molar-refractivity contribution is -0.130. The van der Waals surface area contributed by atoms with Crippen LogP contribution in [-0.4, -0.2) is 29.4 Å². The highest BCUT2D eigenvalue weighted by atomic mass is 16.2. The van der Waals surface area contributed by atoms with Crippen LogP contribution < -0.4 is 0 Å². The van der Waals surface area contributed by atoms with E-state index < -0.39 is 0 Å². The summed E-state index contributed by atoms with van der Waals surface area (Å²) in [6.07, 6.45) is 6.07. The fourth-order valence-electron chi connectivity index (χ4n) is 3.12. The average molecular weight is 270 g/mol. The van der Waals surface area contributed by atoms with Gasteiger partial charge < -0.3 is 9.88 Å². The Hall–Kier alpha value is -1.77. The molecule has 0 aliphatic heterocycles. The van der Waals surface area contributed by atoms with Crippen LogP contribution >= 0.6 is 0 Å². The van der Waals surface area contributed by atoms with Gasteiger partial charge in [0.15, 0.2) is 0 Å². The fourth-order valence-corrected chi connectivity index (χ4v) is 3.12. The minimum Gasteiger partial charge on any atom is -0.361 e. The molecule has 3 rings (SSSR count). The summed E-state index contributed by atoms with van der Waals surface area (Å²) in [5.74, 6) is 0.263. The summed E-state index contributed by atoms with van der Waals surface area (Å²) in [4.78, 5) is 17.3. The molecule has 0 radical (unpaired) electrons. The highest BCUT2D eigenvalue weighted by Gasteiger charge is 2.46. The van der Waals surface area contributed by atoms with Gasteiger partial charge in [-0.1, -0.05) is 25.1 Å². The fraction of sp³-hybridized carbons (Fsp3) is 0.471. The minimum absolute atomic E-state index is 0.178. The Kier molecular flexibility index (Phi) is 3.28. The van der Waals surface area contributed by atoms with Gasteiger partial charge in [0.1, 0.15) is 0 Å². The molecule has 0 spiro atoms. The van der Waals surface area contributed by atoms with Crippen molar-refractivity contribution >= 4 is 16.8 Å². The van der Waals surface area contributed by atoms with Gasteiger partial charge in [0.2, 0.25) is 5.91 Å². The lowest BCUT2D eigenvalue weighted by Gasteiger charge is -2.24. The molecular weight excluding hydrogens is 248 g/mol. The van der Waals surface area contributed by atoms with Crippen molar-refractivity contribution in [3.8, 4) is 0 Å². The Morgan fingerprint density at radius 2 is 2.10 bits per heavy atom. The quantitative estimate of drug-likeness (QED) is 0.887. The van der Waals surface area contributed by atoms with Gasteiger partial charge in [-0.15, -0.1) is 0 Å². The Morgan fingerprint density at radius 1 is 1.35 bits per heavy atom. The first kappa shape index (κ1) is 13.2. The molecule has 0 atom stereocenters. The molecule has 1 heterocycles. The van der Waals surface area contributed by atoms with E-state index in [9.17, 15) is 4.79 Å². The van der Waals surface area contributed by atoms with Gasteiger partial charge in [-0.2, -0.15) is 0 Å². The number of rotatable bonds is 5. The molecule has 3 heteroatoms. The first-order valence-electron chi connectivity index (χ1n) is 7.47. The normalized spacial score (nSPS) is 16.3. The molecule has 20 heavy (non-hydrogen) atoms. The van der Waals surface area contributed by atoms with E-state index in [0.717, 1.165) is 13.0 Å². The number of nitrogens with zero attached hydrogens (tertiary/aromatic N) is 1. The van der Waals surface area contributed by atoms with E-state index in [-0.39, 0.29) is 11.3 Å². The molecule has 1 aliphatic rings. The summed E-state index contributed by atoms with van der Waals surface area (Å²) < 4.78 is 0. The highest BCUT2D eigenvalue weighted by molar-refractivity contribution is 5.85. The smallest absolute Gasteiger partial charge is 0.222 e. The number of para-hydroxylation sites is 1. The lowest BCUT2D eigenvalue weighted by atomic mass is 9.94. The third-order valence-electron chi connectivity index (χ3n) is 4.44. The van der Waals surface area contributed by atoms with Crippen molar-refractivity contribution in [2.45, 2.75) is 38.0 Å². The summed E-state index contributed by atoms with van der Waals surface area (Å²) in [6, 6.07) is 8.43. The van der Waals surface area contributed by atoms with Gasteiger partial charge >= 0.3 is 0 Å². The molecular formula is C17H22N2O. The van der Waals surface area contributed by atoms with Crippen LogP contribution in [-0.2, 0) is 10.2 Å². The Morgan fingerprint density at radius 3 is 2.80 bits per heavy atom. The zero-order chi connectivity index (χ0) is 14.2. The standard InChI is InChI=1S/C17H22N2O/c1-3-6-16(20)19(2)12-17(9-10-17)14-11-18-15-8-5-4-7-13(14)15/h4-5,7-8,11,18H,3,6,9-10,12H2,1-2H3. The van der Waals surface area contributed by atoms with E-state index >= 15 is 0 Å². The molecule has 1 aliphatic carbocycles. The first-order chi connectivity index (χ1) is 9.66. The van der Waals surface area contributed by atoms with E-state index in [1.165, 1.54) is 29.3 Å². The van der Waals surface area contributed by atoms with Crippen LogP contribution in [0, 0.1) is 0 Å². The van der Waals surface area contributed by atoms with Gasteiger partial charge in [0, 0.05) is 42.5 Å². The monoisotopic (exact) mass is 270 g/mol. The predicted molar refractivity (Wildman–Crippen MR) is 81.8 cm³/mol. The maximum atomic E-state index is 12.0. The summed E-state index contributed by atoms with van der Waals surface area (Å²) in [5.41, 5.74) is 2.75. The molecule has 0 bridgehead atoms. The number of carbonyl (C=O) groups is 1. The summed E-state index contributed by atoms with van der Waals surface area (Å²) in [5, 5.41) is 1.31. The molecule has 106 valence electrons. The topological polar surface area (TPSA) is 36.1 Å². The Bertz CT molecular complexity index is 625. The van der Waals surface area contributed by atoms with E-state index in [0.29, 0.717) is 6.42 Å². The number of nitrogens with one attached hydrogen (secondary N) is 1. The van der Waals surface area contributed by atoms with E-state index in [1.807, 2.05) is 11.9 Å². The third-order valence-corrected chi connectivity index (χ3v) is 4.44. The SMILES string of the molecule is CCCC(=O)N(C)CC1(c2c[nH]c3ccccc23)CC1. The largest absolute Gasteiger partial charge is 0.361 e. The number of hydrogen-bond donors (Lipinski definition) is 1. The molecule has 1 amide bonds. The molecule has 3 nitrogen and oxygen atoms in total. The van der Waals surface area contributed by atoms with Crippen molar-refractivity contribution in [1.29, 1.82) is 0 Å². The van der Waals surface area contributed by atoms with Crippen molar-refractivity contribution in [1.82, 2.24) is 9.88 Å². The molecule has 1 aromatic heterocycles. The van der Waals surface area contributed by atoms with Crippen LogP contribution in [0.4, 0.5) is 0 Å². The lowest BCUT2D eigenvalue weighted by Crippen LogP contribution is -2.34. The van der Waals surface area contributed by atoms with Gasteiger partial charge in [-0.05, 0) is 30.9 Å². The third kappa shape index (κ3) is 2.21. The minimum atomic E-state index is 0.178. The number of amides is 1. The van der Waals surface area contributed by atoms with Gasteiger partial charge in [0.05, 0.1) is 0 Å². The van der Waals surface area contributed by atoms with Crippen molar-refractivity contribution in [3.63, 3.8) is 0 Å². The van der Waals surface area contributed by atoms with Crippen LogP contribution in [0.5, 0.6) is 0 Å². The zero-order valence-corrected chi connectivity index (χ0v) is 12.3. The molecule has 1 saturated carbocycles. The van der Waals surface area contributed by atoms with Crippen LogP contribution in [0.3, 0.4) is 0 Å². The molecule has 0 saturated heterocycles. The maximum absolute atomic E-state index is 12.0. The number of aromatic amines is 1. The molecule has 1 aromatic carbocycles. The number of H-pyrrole nitrogens is 1. The maximum Gasteiger partial charge on any atom is 0.222 e. The van der Waals surface area contributed by atoms with Gasteiger partial charge in [0.25, 0.3) is 0 Å². The summed E-state index contributed by atoms with van der Waals surface area (Å²) in [6.45, 7) is 2.89. The van der Waals surface area contributed by atoms with Crippen LogP contribution in [0.1, 0.15) is 38.2 Å². The van der Waals surface area contributed by atoms with Crippen molar-refractivity contribution in [2.75, 3.05) is 13.6 Å². The molecule has 2 aromatic rings. The Labute approximate surface area is 120 Å². The molecule has 0 unspecified atom stereocenters. The second kappa shape index (κ2) is 4.97. The number of hydrogen-bond acceptors (Lipinski definition) is 1. The number of aromatic nitrogens is 1. The molecule has 1 fully saturated rings. The second-order valence-corrected chi connectivity index (χ2v) is 6.03. The van der Waals surface area contributed by atoms with Crippen LogP contribution in [0.2, 0.25) is 0 Å². The van der Waals surface area contributed by atoms with Crippen LogP contribution in [0.25, 0.3) is 10.9 Å². The number of likely N-dealkylation sites (N-methyl/N-ethyl adjacent to an activating group) is 1. The Balaban J connectivity index is 1.84.